The molecular formula is C21H22Cl4O2. The van der Waals surface area contributed by atoms with Crippen LogP contribution in [0, 0.1) is 11.8 Å². The fourth-order valence-corrected chi connectivity index (χ4v) is 5.20. The summed E-state index contributed by atoms with van der Waals surface area (Å²) >= 11 is 24.9. The van der Waals surface area contributed by atoms with E-state index in [0.29, 0.717) is 11.8 Å². The van der Waals surface area contributed by atoms with Crippen LogP contribution in [-0.4, -0.2) is 10.2 Å². The van der Waals surface area contributed by atoms with Crippen molar-refractivity contribution in [3.05, 3.63) is 55.5 Å². The summed E-state index contributed by atoms with van der Waals surface area (Å²) in [5.74, 6) is 1.02. The predicted molar refractivity (Wildman–Crippen MR) is 114 cm³/mol. The summed E-state index contributed by atoms with van der Waals surface area (Å²) in [7, 11) is 0. The van der Waals surface area contributed by atoms with Crippen LogP contribution in [0.1, 0.15) is 50.7 Å². The highest BCUT2D eigenvalue weighted by molar-refractivity contribution is 6.37. The maximum atomic E-state index is 9.98. The Kier molecular flexibility index (Phi) is 6.13. The lowest BCUT2D eigenvalue weighted by atomic mass is 9.61. The van der Waals surface area contributed by atoms with Crippen molar-refractivity contribution < 1.29 is 10.2 Å². The van der Waals surface area contributed by atoms with Gasteiger partial charge in [0.25, 0.3) is 0 Å². The standard InChI is InChI=1S/C21H22Cl4O2/c1-11(2)12-3-5-21(6-4-12,13-7-15(22)19(26)16(23)8-13)14-9-17(24)20(27)18(25)10-14/h7-12,26-27H,3-6H2,1-2H3. The number of phenols is 2. The molecule has 0 saturated heterocycles. The van der Waals surface area contributed by atoms with Gasteiger partial charge in [0, 0.05) is 5.41 Å². The fourth-order valence-electron chi connectivity index (χ4n) is 4.23. The monoisotopic (exact) mass is 446 g/mol. The van der Waals surface area contributed by atoms with Crippen LogP contribution in [0.4, 0.5) is 0 Å². The SMILES string of the molecule is CC(C)C1CCC(c2cc(Cl)c(O)c(Cl)c2)(c2cc(Cl)c(O)c(Cl)c2)CC1. The van der Waals surface area contributed by atoms with E-state index in [1.165, 1.54) is 0 Å². The van der Waals surface area contributed by atoms with E-state index in [2.05, 4.69) is 13.8 Å². The molecule has 0 atom stereocenters. The summed E-state index contributed by atoms with van der Waals surface area (Å²) in [6.07, 6.45) is 3.85. The lowest BCUT2D eigenvalue weighted by Crippen LogP contribution is -2.34. The second-order valence-electron chi connectivity index (χ2n) is 7.74. The van der Waals surface area contributed by atoms with E-state index in [0.717, 1.165) is 36.8 Å². The van der Waals surface area contributed by atoms with Gasteiger partial charge in [0.1, 0.15) is 0 Å². The number of hydrogen-bond acceptors (Lipinski definition) is 2. The van der Waals surface area contributed by atoms with Crippen LogP contribution in [0.15, 0.2) is 24.3 Å². The average molecular weight is 448 g/mol. The molecule has 1 aliphatic rings. The maximum Gasteiger partial charge on any atom is 0.152 e. The van der Waals surface area contributed by atoms with Crippen molar-refractivity contribution in [1.29, 1.82) is 0 Å². The Morgan fingerprint density at radius 1 is 0.778 bits per heavy atom. The highest BCUT2D eigenvalue weighted by atomic mass is 35.5. The normalized spacial score (nSPS) is 17.4. The minimum absolute atomic E-state index is 0.116. The van der Waals surface area contributed by atoms with Crippen LogP contribution >= 0.6 is 46.4 Å². The van der Waals surface area contributed by atoms with Crippen molar-refractivity contribution in [3.63, 3.8) is 0 Å². The smallest absolute Gasteiger partial charge is 0.152 e. The van der Waals surface area contributed by atoms with Gasteiger partial charge in [0.05, 0.1) is 20.1 Å². The molecule has 0 radical (unpaired) electrons. The summed E-state index contributed by atoms with van der Waals surface area (Å²) in [5, 5.41) is 20.9. The van der Waals surface area contributed by atoms with Gasteiger partial charge in [-0.25, -0.2) is 0 Å². The molecule has 3 rings (SSSR count). The van der Waals surface area contributed by atoms with E-state index in [4.69, 9.17) is 46.4 Å². The predicted octanol–water partition coefficient (Wildman–Crippen LogP) is 7.84. The molecule has 2 nitrogen and oxygen atoms in total. The second kappa shape index (κ2) is 7.91. The van der Waals surface area contributed by atoms with Crippen molar-refractivity contribution in [3.8, 4) is 11.5 Å². The average Bonchev–Trinajstić information content (AvgIpc) is 2.63. The third kappa shape index (κ3) is 3.87. The molecule has 2 aromatic carbocycles. The Morgan fingerprint density at radius 3 is 1.41 bits per heavy atom. The largest absolute Gasteiger partial charge is 0.505 e. The molecule has 0 heterocycles. The van der Waals surface area contributed by atoms with E-state index >= 15 is 0 Å². The number of aromatic hydroxyl groups is 2. The first-order chi connectivity index (χ1) is 12.7. The zero-order valence-electron chi connectivity index (χ0n) is 15.2. The first-order valence-corrected chi connectivity index (χ1v) is 10.5. The van der Waals surface area contributed by atoms with Gasteiger partial charge in [-0.2, -0.15) is 0 Å². The summed E-state index contributed by atoms with van der Waals surface area (Å²) in [6, 6.07) is 7.08. The van der Waals surface area contributed by atoms with Crippen molar-refractivity contribution in [2.24, 2.45) is 11.8 Å². The zero-order valence-corrected chi connectivity index (χ0v) is 18.2. The van der Waals surface area contributed by atoms with Crippen molar-refractivity contribution in [2.75, 3.05) is 0 Å². The van der Waals surface area contributed by atoms with Crippen LogP contribution in [0.3, 0.4) is 0 Å². The van der Waals surface area contributed by atoms with Gasteiger partial charge in [-0.3, -0.25) is 0 Å². The third-order valence-electron chi connectivity index (χ3n) is 5.97. The maximum absolute atomic E-state index is 9.98. The Bertz CT molecular complexity index is 750. The van der Waals surface area contributed by atoms with Crippen LogP contribution in [0.25, 0.3) is 0 Å². The first kappa shape index (κ1) is 20.9. The van der Waals surface area contributed by atoms with E-state index in [-0.39, 0.29) is 37.0 Å². The molecule has 2 aromatic rings. The number of phenolic OH excluding ortho intramolecular Hbond substituents is 2. The Balaban J connectivity index is 2.17. The lowest BCUT2D eigenvalue weighted by Gasteiger charge is -2.43. The van der Waals surface area contributed by atoms with Gasteiger partial charge in [-0.05, 0) is 72.9 Å². The lowest BCUT2D eigenvalue weighted by molar-refractivity contribution is 0.217. The molecule has 0 aromatic heterocycles. The number of rotatable bonds is 3. The third-order valence-corrected chi connectivity index (χ3v) is 7.12. The Labute approximate surface area is 180 Å². The molecule has 0 spiro atoms. The molecule has 6 heteroatoms. The van der Waals surface area contributed by atoms with Crippen LogP contribution < -0.4 is 0 Å². The van der Waals surface area contributed by atoms with Gasteiger partial charge < -0.3 is 10.2 Å². The Hall–Kier alpha value is -0.800. The number of hydrogen-bond donors (Lipinski definition) is 2. The minimum Gasteiger partial charge on any atom is -0.505 e. The zero-order chi connectivity index (χ0) is 19.9. The number of halogens is 4. The first-order valence-electron chi connectivity index (χ1n) is 9.02. The molecule has 0 bridgehead atoms. The molecule has 0 amide bonds. The fraction of sp³-hybridized carbons (Fsp3) is 0.429. The minimum atomic E-state index is -0.382. The van der Waals surface area contributed by atoms with Crippen LogP contribution in [-0.2, 0) is 5.41 Å². The second-order valence-corrected chi connectivity index (χ2v) is 9.37. The van der Waals surface area contributed by atoms with Crippen LogP contribution in [0.5, 0.6) is 11.5 Å². The van der Waals surface area contributed by atoms with Crippen LogP contribution in [0.2, 0.25) is 20.1 Å². The van der Waals surface area contributed by atoms with E-state index in [1.807, 2.05) is 0 Å². The molecule has 146 valence electrons. The Morgan fingerprint density at radius 2 is 1.11 bits per heavy atom. The van der Waals surface area contributed by atoms with Crippen molar-refractivity contribution in [1.82, 2.24) is 0 Å². The molecular weight excluding hydrogens is 426 g/mol. The summed E-state index contributed by atoms with van der Waals surface area (Å²) in [6.45, 7) is 4.50. The molecule has 1 fully saturated rings. The highest BCUT2D eigenvalue weighted by Crippen LogP contribution is 2.51. The molecule has 0 aliphatic heterocycles. The summed E-state index contributed by atoms with van der Waals surface area (Å²) in [5.41, 5.74) is 1.47. The van der Waals surface area contributed by atoms with Gasteiger partial charge in [-0.15, -0.1) is 0 Å². The topological polar surface area (TPSA) is 40.5 Å². The van der Waals surface area contributed by atoms with Gasteiger partial charge in [0.2, 0.25) is 0 Å². The van der Waals surface area contributed by atoms with Crippen molar-refractivity contribution >= 4 is 46.4 Å². The molecule has 1 aliphatic carbocycles. The summed E-state index contributed by atoms with van der Waals surface area (Å²) < 4.78 is 0. The quantitative estimate of drug-likeness (QED) is 0.502. The molecule has 2 N–H and O–H groups in total. The van der Waals surface area contributed by atoms with Crippen molar-refractivity contribution in [2.45, 2.75) is 44.9 Å². The van der Waals surface area contributed by atoms with E-state index in [1.54, 1.807) is 24.3 Å². The van der Waals surface area contributed by atoms with E-state index < -0.39 is 0 Å². The summed E-state index contributed by atoms with van der Waals surface area (Å²) in [4.78, 5) is 0. The van der Waals surface area contributed by atoms with E-state index in [9.17, 15) is 10.2 Å². The molecule has 1 saturated carbocycles. The van der Waals surface area contributed by atoms with Gasteiger partial charge >= 0.3 is 0 Å². The number of benzene rings is 2. The van der Waals surface area contributed by atoms with Gasteiger partial charge in [0.15, 0.2) is 11.5 Å². The molecule has 0 unspecified atom stereocenters. The van der Waals surface area contributed by atoms with Gasteiger partial charge in [-0.1, -0.05) is 60.3 Å². The molecule has 27 heavy (non-hydrogen) atoms. The highest BCUT2D eigenvalue weighted by Gasteiger charge is 2.40.